The van der Waals surface area contributed by atoms with E-state index in [0.29, 0.717) is 26.2 Å². The van der Waals surface area contributed by atoms with Crippen molar-refractivity contribution in [3.63, 3.8) is 0 Å². The zero-order valence-corrected chi connectivity index (χ0v) is 11.3. The van der Waals surface area contributed by atoms with Crippen LogP contribution in [-0.4, -0.2) is 68.4 Å². The van der Waals surface area contributed by atoms with Gasteiger partial charge in [0.15, 0.2) is 11.4 Å². The largest absolute Gasteiger partial charge is 0.334 e. The minimum Gasteiger partial charge on any atom is -0.334 e. The van der Waals surface area contributed by atoms with Crippen LogP contribution in [0.1, 0.15) is 32.4 Å². The number of rotatable bonds is 0. The van der Waals surface area contributed by atoms with Gasteiger partial charge in [0.25, 0.3) is 11.8 Å². The molecule has 2 aromatic rings. The summed E-state index contributed by atoms with van der Waals surface area (Å²) in [5, 5.41) is 14.7. The lowest BCUT2D eigenvalue weighted by Gasteiger charge is -2.34. The van der Waals surface area contributed by atoms with Crippen LogP contribution in [0.2, 0.25) is 0 Å². The van der Waals surface area contributed by atoms with Gasteiger partial charge in [-0.05, 0) is 32.8 Å². The van der Waals surface area contributed by atoms with Gasteiger partial charge < -0.3 is 9.80 Å². The van der Waals surface area contributed by atoms with Crippen molar-refractivity contribution in [1.29, 1.82) is 0 Å². The number of hydrogen-bond donors (Lipinski definition) is 0. The minimum absolute atomic E-state index is 0.134. The van der Waals surface area contributed by atoms with E-state index in [0.717, 1.165) is 0 Å². The lowest BCUT2D eigenvalue weighted by atomic mass is 10.1. The van der Waals surface area contributed by atoms with E-state index in [1.54, 1.807) is 9.80 Å². The lowest BCUT2D eigenvalue weighted by molar-refractivity contribution is 0.0523. The molecular formula is C12H10N6O4. The highest BCUT2D eigenvalue weighted by Gasteiger charge is 2.31. The Morgan fingerprint density at radius 1 is 0.727 bits per heavy atom. The van der Waals surface area contributed by atoms with Crippen LogP contribution in [0.4, 0.5) is 0 Å². The van der Waals surface area contributed by atoms with Crippen molar-refractivity contribution >= 4 is 24.0 Å². The summed E-state index contributed by atoms with van der Waals surface area (Å²) >= 11 is 0. The number of amides is 2. The van der Waals surface area contributed by atoms with Gasteiger partial charge in [-0.2, -0.15) is 0 Å². The van der Waals surface area contributed by atoms with Gasteiger partial charge in [-0.25, -0.2) is 9.26 Å². The first-order valence-electron chi connectivity index (χ1n) is 6.66. The molecule has 2 amide bonds. The van der Waals surface area contributed by atoms with E-state index in [-0.39, 0.29) is 34.6 Å². The van der Waals surface area contributed by atoms with E-state index < -0.39 is 0 Å². The third kappa shape index (κ3) is 1.88. The topological polar surface area (TPSA) is 118 Å². The van der Waals surface area contributed by atoms with Gasteiger partial charge in [0.05, 0.1) is 0 Å². The highest BCUT2D eigenvalue weighted by Crippen LogP contribution is 2.17. The number of aromatic nitrogens is 4. The molecule has 1 fully saturated rings. The summed E-state index contributed by atoms with van der Waals surface area (Å²) in [4.78, 5) is 28.1. The second kappa shape index (κ2) is 4.76. The van der Waals surface area contributed by atoms with E-state index in [1.807, 2.05) is 0 Å². The standard InChI is InChI=1S/C12H10N6O4/c19-11-9-7(13-21-15-9)1-2-8-10(16-22-14-8)12(20)18-5-3-17(11)4-6-18/h1-2H,3-6H2/b2-1+. The molecule has 112 valence electrons. The van der Waals surface area contributed by atoms with Gasteiger partial charge in [-0.15, -0.1) is 0 Å². The number of carbonyl (C=O) groups is 2. The zero-order chi connectivity index (χ0) is 15.1. The smallest absolute Gasteiger partial charge is 0.278 e. The van der Waals surface area contributed by atoms with Crippen molar-refractivity contribution < 1.29 is 18.8 Å². The molecule has 2 bridgehead atoms. The van der Waals surface area contributed by atoms with Crippen LogP contribution >= 0.6 is 0 Å². The molecule has 1 saturated heterocycles. The maximum Gasteiger partial charge on any atom is 0.278 e. The summed E-state index contributed by atoms with van der Waals surface area (Å²) in [6.45, 7) is 1.62. The fourth-order valence-electron chi connectivity index (χ4n) is 2.48. The Morgan fingerprint density at radius 2 is 1.14 bits per heavy atom. The Kier molecular flexibility index (Phi) is 2.74. The Labute approximate surface area is 123 Å². The SMILES string of the molecule is O=C1c2nonc2/C=C/c2nonc2C(=O)N2CCN1CC2. The summed E-state index contributed by atoms with van der Waals surface area (Å²) < 4.78 is 9.31. The molecule has 10 nitrogen and oxygen atoms in total. The van der Waals surface area contributed by atoms with Crippen LogP contribution in [0.5, 0.6) is 0 Å². The first-order valence-corrected chi connectivity index (χ1v) is 6.66. The number of carbonyl (C=O) groups excluding carboxylic acids is 2. The fourth-order valence-corrected chi connectivity index (χ4v) is 2.48. The number of fused-ring (bicyclic) bond motifs is 2. The van der Waals surface area contributed by atoms with E-state index in [4.69, 9.17) is 0 Å². The lowest BCUT2D eigenvalue weighted by Crippen LogP contribution is -2.51. The highest BCUT2D eigenvalue weighted by atomic mass is 16.6. The van der Waals surface area contributed by atoms with E-state index in [2.05, 4.69) is 29.9 Å². The Morgan fingerprint density at radius 3 is 1.55 bits per heavy atom. The first-order chi connectivity index (χ1) is 10.7. The van der Waals surface area contributed by atoms with E-state index in [9.17, 15) is 9.59 Å². The normalized spacial score (nSPS) is 19.5. The quantitative estimate of drug-likeness (QED) is 0.641. The maximum atomic E-state index is 12.4. The Bertz CT molecular complexity index is 706. The highest BCUT2D eigenvalue weighted by molar-refractivity contribution is 5.99. The molecule has 3 aliphatic heterocycles. The molecular weight excluding hydrogens is 292 g/mol. The molecule has 0 aromatic carbocycles. The Hall–Kier alpha value is -3.04. The molecule has 0 N–H and O–H groups in total. The first kappa shape index (κ1) is 12.7. The monoisotopic (exact) mass is 302 g/mol. The van der Waals surface area contributed by atoms with Crippen molar-refractivity contribution in [1.82, 2.24) is 30.4 Å². The molecule has 5 rings (SSSR count). The van der Waals surface area contributed by atoms with Crippen molar-refractivity contribution in [2.45, 2.75) is 0 Å². The molecule has 0 aliphatic carbocycles. The molecule has 3 aliphatic rings. The van der Waals surface area contributed by atoms with Crippen LogP contribution in [0.3, 0.4) is 0 Å². The second-order valence-electron chi connectivity index (χ2n) is 4.91. The summed E-state index contributed by atoms with van der Waals surface area (Å²) in [7, 11) is 0. The summed E-state index contributed by atoms with van der Waals surface area (Å²) in [5.74, 6) is -0.542. The average molecular weight is 302 g/mol. The van der Waals surface area contributed by atoms with E-state index >= 15 is 0 Å². The number of hydrogen-bond acceptors (Lipinski definition) is 8. The zero-order valence-electron chi connectivity index (χ0n) is 11.3. The van der Waals surface area contributed by atoms with Crippen LogP contribution in [0.15, 0.2) is 9.26 Å². The molecule has 0 radical (unpaired) electrons. The van der Waals surface area contributed by atoms with Gasteiger partial charge in [0, 0.05) is 26.2 Å². The molecule has 5 heterocycles. The van der Waals surface area contributed by atoms with E-state index in [1.165, 1.54) is 12.2 Å². The molecule has 10 heteroatoms. The molecule has 0 unspecified atom stereocenters. The number of piperazine rings is 1. The molecule has 0 spiro atoms. The molecule has 2 aromatic heterocycles. The van der Waals surface area contributed by atoms with Gasteiger partial charge in [-0.3, -0.25) is 9.59 Å². The van der Waals surface area contributed by atoms with Crippen molar-refractivity contribution in [3.05, 3.63) is 22.8 Å². The third-order valence-electron chi connectivity index (χ3n) is 3.69. The van der Waals surface area contributed by atoms with Crippen LogP contribution in [0, 0.1) is 0 Å². The van der Waals surface area contributed by atoms with Crippen molar-refractivity contribution in [3.8, 4) is 0 Å². The predicted octanol–water partition coefficient (Wildman–Crippen LogP) is -0.465. The summed E-state index contributed by atoms with van der Waals surface area (Å²) in [6.07, 6.45) is 2.98. The summed E-state index contributed by atoms with van der Waals surface area (Å²) in [5.41, 5.74) is 0.813. The fraction of sp³-hybridized carbons (Fsp3) is 0.333. The van der Waals surface area contributed by atoms with Crippen molar-refractivity contribution in [2.24, 2.45) is 0 Å². The summed E-state index contributed by atoms with van der Waals surface area (Å²) in [6, 6.07) is 0. The van der Waals surface area contributed by atoms with Gasteiger partial charge in [-0.1, -0.05) is 0 Å². The molecule has 0 saturated carbocycles. The predicted molar refractivity (Wildman–Crippen MR) is 69.3 cm³/mol. The van der Waals surface area contributed by atoms with Crippen molar-refractivity contribution in [2.75, 3.05) is 26.2 Å². The van der Waals surface area contributed by atoms with Gasteiger partial charge in [0.1, 0.15) is 11.4 Å². The third-order valence-corrected chi connectivity index (χ3v) is 3.69. The average Bonchev–Trinajstić information content (AvgIpc) is 3.19. The molecule has 22 heavy (non-hydrogen) atoms. The van der Waals surface area contributed by atoms with Crippen LogP contribution in [0.25, 0.3) is 12.2 Å². The minimum atomic E-state index is -0.271. The second-order valence-corrected chi connectivity index (χ2v) is 4.91. The van der Waals surface area contributed by atoms with Crippen LogP contribution < -0.4 is 0 Å². The van der Waals surface area contributed by atoms with Gasteiger partial charge >= 0.3 is 0 Å². The maximum absolute atomic E-state index is 12.4. The molecule has 0 atom stereocenters. The number of nitrogens with zero attached hydrogens (tertiary/aromatic N) is 6. The Balaban J connectivity index is 1.85. The van der Waals surface area contributed by atoms with Crippen LogP contribution in [-0.2, 0) is 0 Å². The van der Waals surface area contributed by atoms with Gasteiger partial charge in [0.2, 0.25) is 0 Å².